The maximum absolute atomic E-state index is 13.6. The van der Waals surface area contributed by atoms with E-state index in [-0.39, 0.29) is 11.7 Å². The minimum Gasteiger partial charge on any atom is -0.361 e. The fraction of sp³-hybridized carbons (Fsp3) is 0.411. The molecule has 7 heteroatoms. The second-order valence-electron chi connectivity index (χ2n) is 18.8. The lowest BCUT2D eigenvalue weighted by Gasteiger charge is -2.13. The number of nitrogens with one attached hydrogen (secondary N) is 3. The van der Waals surface area contributed by atoms with Gasteiger partial charge in [-0.15, -0.1) is 0 Å². The number of halogens is 1. The second kappa shape index (κ2) is 22.2. The van der Waals surface area contributed by atoms with Crippen LogP contribution in [0.4, 0.5) is 4.39 Å². The average molecular weight is 851 g/mol. The minimum absolute atomic E-state index is 0.116. The Morgan fingerprint density at radius 3 is 1.63 bits per heavy atom. The third kappa shape index (κ3) is 13.2. The van der Waals surface area contributed by atoms with Gasteiger partial charge in [-0.05, 0) is 172 Å². The van der Waals surface area contributed by atoms with Gasteiger partial charge in [-0.25, -0.2) is 4.39 Å². The van der Waals surface area contributed by atoms with Gasteiger partial charge in [0.05, 0.1) is 5.52 Å². The van der Waals surface area contributed by atoms with Crippen LogP contribution < -0.4 is 0 Å². The van der Waals surface area contributed by atoms with Crippen LogP contribution >= 0.6 is 0 Å². The number of hydrogen-bond acceptors (Lipinski definition) is 3. The quantitative estimate of drug-likeness (QED) is 0.161. The molecule has 5 aromatic heterocycles. The normalized spacial score (nSPS) is 11.2. The van der Waals surface area contributed by atoms with Crippen molar-refractivity contribution in [2.45, 2.75) is 154 Å². The van der Waals surface area contributed by atoms with Gasteiger partial charge in [0.2, 0.25) is 0 Å². The monoisotopic (exact) mass is 851 g/mol. The third-order valence-corrected chi connectivity index (χ3v) is 11.6. The van der Waals surface area contributed by atoms with Gasteiger partial charge < -0.3 is 9.97 Å². The summed E-state index contributed by atoms with van der Waals surface area (Å²) in [6.07, 6.45) is 3.98. The van der Waals surface area contributed by atoms with Gasteiger partial charge in [0.15, 0.2) is 0 Å². The second-order valence-corrected chi connectivity index (χ2v) is 18.8. The number of aryl methyl sites for hydroxylation is 8. The van der Waals surface area contributed by atoms with Crippen molar-refractivity contribution in [1.29, 1.82) is 0 Å². The van der Waals surface area contributed by atoms with E-state index in [4.69, 9.17) is 0 Å². The Hall–Kier alpha value is -5.56. The number of aromatic nitrogens is 6. The molecule has 0 spiro atoms. The lowest BCUT2D eigenvalue weighted by atomic mass is 9.96. The van der Waals surface area contributed by atoms with Crippen molar-refractivity contribution < 1.29 is 4.39 Å². The number of rotatable bonds is 5. The highest BCUT2D eigenvalue weighted by Gasteiger charge is 2.11. The van der Waals surface area contributed by atoms with Crippen LogP contribution in [0.1, 0.15) is 172 Å². The van der Waals surface area contributed by atoms with Crippen LogP contribution in [0, 0.1) is 61.2 Å². The van der Waals surface area contributed by atoms with Gasteiger partial charge in [0.1, 0.15) is 5.82 Å². The molecule has 63 heavy (non-hydrogen) atoms. The molecule has 3 N–H and O–H groups in total. The highest BCUT2D eigenvalue weighted by molar-refractivity contribution is 5.85. The van der Waals surface area contributed by atoms with E-state index in [1.54, 1.807) is 6.07 Å². The zero-order valence-electron chi connectivity index (χ0n) is 41.6. The summed E-state index contributed by atoms with van der Waals surface area (Å²) in [5.74, 6) is 2.40. The van der Waals surface area contributed by atoms with Crippen molar-refractivity contribution in [2.75, 3.05) is 0 Å². The predicted octanol–water partition coefficient (Wildman–Crippen LogP) is 16.3. The van der Waals surface area contributed by atoms with Gasteiger partial charge in [0.25, 0.3) is 0 Å². The molecule has 6 nitrogen and oxygen atoms in total. The van der Waals surface area contributed by atoms with E-state index in [9.17, 15) is 4.39 Å². The van der Waals surface area contributed by atoms with Crippen molar-refractivity contribution in [2.24, 2.45) is 0 Å². The maximum atomic E-state index is 13.6. The van der Waals surface area contributed by atoms with Crippen LogP contribution in [0.15, 0.2) is 79.1 Å². The summed E-state index contributed by atoms with van der Waals surface area (Å²) < 4.78 is 13.6. The van der Waals surface area contributed by atoms with E-state index in [0.29, 0.717) is 23.7 Å². The van der Waals surface area contributed by atoms with Crippen LogP contribution in [0.25, 0.3) is 32.7 Å². The van der Waals surface area contributed by atoms with Crippen LogP contribution in [0.5, 0.6) is 0 Å². The molecule has 0 saturated carbocycles. The van der Waals surface area contributed by atoms with Crippen LogP contribution in [-0.2, 0) is 0 Å². The Bertz CT molecular complexity index is 2700. The smallest absolute Gasteiger partial charge is 0.128 e. The fourth-order valence-electron chi connectivity index (χ4n) is 8.18. The molecule has 8 rings (SSSR count). The molecule has 336 valence electrons. The molecular weight excluding hydrogens is 776 g/mol. The number of pyridine rings is 2. The fourth-order valence-corrected chi connectivity index (χ4v) is 8.18. The largest absolute Gasteiger partial charge is 0.361 e. The maximum Gasteiger partial charge on any atom is 0.128 e. The highest BCUT2D eigenvalue weighted by Crippen LogP contribution is 2.27. The van der Waals surface area contributed by atoms with Crippen molar-refractivity contribution in [1.82, 2.24) is 30.1 Å². The Morgan fingerprint density at radius 2 is 1.08 bits per heavy atom. The molecule has 0 aliphatic heterocycles. The summed E-state index contributed by atoms with van der Waals surface area (Å²) in [5, 5.41) is 11.1. The average Bonchev–Trinajstić information content (AvgIpc) is 3.90. The minimum atomic E-state index is -0.116. The zero-order chi connectivity index (χ0) is 46.9. The van der Waals surface area contributed by atoms with Crippen molar-refractivity contribution in [3.05, 3.63) is 158 Å². The lowest BCUT2D eigenvalue weighted by molar-refractivity contribution is 0.600. The molecule has 0 unspecified atom stereocenters. The standard InChI is InChI=1S/C12H14FN.C12H15N.C11H14N2.C11H17N.C10H15N/c1-7(2)9-4-10-8(3)6-14-12(10)5-11(9)13;1-8(2)10-4-5-12-11(6-10)9(3)7-13-12;1-7(2)11-9-6-8(3)4-5-10(9)12-13-11;1-7(2)11-8(3)6-9(4)12-10(11)5;1-7(2)10-6-5-8(3)11-9(10)4/h4-7,14H,1-3H3;4-8,13H,1-3H3;4-7H,1-3H3,(H,12,13);6-7H,1-5H3;5-7H,1-4H3. The Kier molecular flexibility index (Phi) is 17.6. The van der Waals surface area contributed by atoms with Gasteiger partial charge in [-0.2, -0.15) is 5.10 Å². The van der Waals surface area contributed by atoms with Crippen LogP contribution in [0.2, 0.25) is 0 Å². The van der Waals surface area contributed by atoms with Crippen LogP contribution in [0.3, 0.4) is 0 Å². The molecule has 0 atom stereocenters. The molecular formula is C56H75FN6. The predicted molar refractivity (Wildman–Crippen MR) is 269 cm³/mol. The van der Waals surface area contributed by atoms with E-state index < -0.39 is 0 Å². The van der Waals surface area contributed by atoms with Crippen molar-refractivity contribution in [3.63, 3.8) is 0 Å². The summed E-state index contributed by atoms with van der Waals surface area (Å²) in [4.78, 5) is 15.2. The molecule has 0 amide bonds. The molecule has 0 aliphatic carbocycles. The van der Waals surface area contributed by atoms with E-state index in [2.05, 4.69) is 181 Å². The molecule has 8 aromatic rings. The number of benzene rings is 3. The molecule has 0 radical (unpaired) electrons. The van der Waals surface area contributed by atoms with Gasteiger partial charge in [0, 0.05) is 68.1 Å². The molecule has 0 bridgehead atoms. The van der Waals surface area contributed by atoms with Gasteiger partial charge >= 0.3 is 0 Å². The van der Waals surface area contributed by atoms with E-state index in [0.717, 1.165) is 33.4 Å². The first-order valence-corrected chi connectivity index (χ1v) is 22.8. The topological polar surface area (TPSA) is 86.0 Å². The summed E-state index contributed by atoms with van der Waals surface area (Å²) >= 11 is 0. The lowest BCUT2D eigenvalue weighted by Crippen LogP contribution is -2.00. The number of H-pyrrole nitrogens is 3. The molecule has 0 aliphatic rings. The van der Waals surface area contributed by atoms with E-state index in [1.165, 1.54) is 72.3 Å². The number of nitrogens with zero attached hydrogens (tertiary/aromatic N) is 3. The summed E-state index contributed by atoms with van der Waals surface area (Å²) in [6.45, 7) is 38.3. The molecule has 0 saturated heterocycles. The summed E-state index contributed by atoms with van der Waals surface area (Å²) in [7, 11) is 0. The first kappa shape index (κ1) is 50.1. The first-order valence-electron chi connectivity index (χ1n) is 22.8. The first-order chi connectivity index (χ1) is 29.6. The number of fused-ring (bicyclic) bond motifs is 3. The summed E-state index contributed by atoms with van der Waals surface area (Å²) in [5.41, 5.74) is 19.1. The third-order valence-electron chi connectivity index (χ3n) is 11.6. The van der Waals surface area contributed by atoms with Gasteiger partial charge in [-0.3, -0.25) is 15.1 Å². The van der Waals surface area contributed by atoms with Gasteiger partial charge in [-0.1, -0.05) is 93.0 Å². The zero-order valence-corrected chi connectivity index (χ0v) is 41.6. The van der Waals surface area contributed by atoms with Crippen molar-refractivity contribution >= 4 is 32.7 Å². The molecule has 5 heterocycles. The highest BCUT2D eigenvalue weighted by atomic mass is 19.1. The Morgan fingerprint density at radius 1 is 0.476 bits per heavy atom. The molecule has 0 fully saturated rings. The number of hydrogen-bond donors (Lipinski definition) is 3. The SMILES string of the molecule is Cc1c[nH]c2cc(F)c(C(C)C)cc12.Cc1c[nH]c2ccc(C(C)C)cc12.Cc1cc(C)c(C(C)C)c(C)n1.Cc1ccc(C(C)C)c(C)n1.Cc1ccc2n[nH]c(C(C)C)c2c1. The molecule has 3 aromatic carbocycles. The van der Waals surface area contributed by atoms with E-state index >= 15 is 0 Å². The summed E-state index contributed by atoms with van der Waals surface area (Å²) in [6, 6.07) is 22.9. The Balaban J connectivity index is 0.000000173. The Labute approximate surface area is 378 Å². The van der Waals surface area contributed by atoms with Crippen molar-refractivity contribution in [3.8, 4) is 0 Å². The van der Waals surface area contributed by atoms with E-state index in [1.807, 2.05) is 46.9 Å². The van der Waals surface area contributed by atoms with Crippen LogP contribution in [-0.4, -0.2) is 30.1 Å². The number of aromatic amines is 3.